The molecule has 13 atom stereocenters. The predicted octanol–water partition coefficient (Wildman–Crippen LogP) is -5.98. The van der Waals surface area contributed by atoms with Gasteiger partial charge in [0.15, 0.2) is 0 Å². The van der Waals surface area contributed by atoms with Gasteiger partial charge in [0.1, 0.15) is 84.9 Å². The molecule has 7 aromatic rings. The summed E-state index contributed by atoms with van der Waals surface area (Å²) in [5, 5.41) is 58.0. The van der Waals surface area contributed by atoms with Crippen LogP contribution >= 0.6 is 25.3 Å². The van der Waals surface area contributed by atoms with Gasteiger partial charge in [-0.15, -0.1) is 0 Å². The number of rotatable bonds is 55. The number of H-pyrrole nitrogens is 3. The number of fused-ring (bicyclic) bond motifs is 2. The van der Waals surface area contributed by atoms with Crippen molar-refractivity contribution in [2.45, 2.75) is 170 Å². The van der Waals surface area contributed by atoms with Crippen molar-refractivity contribution in [3.63, 3.8) is 0 Å². The van der Waals surface area contributed by atoms with Gasteiger partial charge in [0.2, 0.25) is 100 Å². The molecule has 7 rings (SSSR count). The number of imidazole rings is 1. The first-order valence-electron chi connectivity index (χ1n) is 40.9. The van der Waals surface area contributed by atoms with E-state index in [0.29, 0.717) is 63.4 Å². The number of para-hydroxylation sites is 2. The molecular weight excluding hydrogens is 1700 g/mol. The molecule has 690 valence electrons. The molecule has 43 nitrogen and oxygen atoms in total. The molecule has 0 saturated carbocycles. The Balaban J connectivity index is 1.10. The summed E-state index contributed by atoms with van der Waals surface area (Å²) in [6.07, 6.45) is 1.92. The van der Waals surface area contributed by atoms with Crippen molar-refractivity contribution in [2.75, 3.05) is 50.9 Å². The van der Waals surface area contributed by atoms with Crippen LogP contribution in [0.5, 0.6) is 5.75 Å². The fraction of sp³-hybridized carbons (Fsp3) is 0.422. The van der Waals surface area contributed by atoms with Crippen LogP contribution in [-0.4, -0.2) is 260 Å². The molecule has 128 heavy (non-hydrogen) atoms. The molecule has 0 saturated heterocycles. The van der Waals surface area contributed by atoms with Gasteiger partial charge < -0.3 is 133 Å². The molecular formula is C83H111N23O20S2. The Morgan fingerprint density at radius 3 is 1.37 bits per heavy atom. The number of thiol groups is 2. The Bertz CT molecular complexity index is 4980. The number of nitrogens with two attached hydrogens (primary N) is 5. The van der Waals surface area contributed by atoms with Gasteiger partial charge in [-0.1, -0.05) is 78.9 Å². The summed E-state index contributed by atoms with van der Waals surface area (Å²) in [4.78, 5) is 247. The number of nitrogens with one attached hydrogen (secondary N) is 17. The van der Waals surface area contributed by atoms with E-state index in [4.69, 9.17) is 33.4 Å². The molecule has 0 radical (unpaired) electrons. The monoisotopic (exact) mass is 1810 g/mol. The van der Waals surface area contributed by atoms with Crippen molar-refractivity contribution >= 4 is 147 Å². The van der Waals surface area contributed by atoms with E-state index in [1.54, 1.807) is 85.1 Å². The highest BCUT2D eigenvalue weighted by Crippen LogP contribution is 2.23. The normalized spacial score (nSPS) is 14.2. The van der Waals surface area contributed by atoms with Gasteiger partial charge >= 0.3 is 0 Å². The highest BCUT2D eigenvalue weighted by Gasteiger charge is 2.39. The molecule has 0 fully saturated rings. The number of unbranched alkanes of at least 4 members (excludes halogenated alkanes) is 1. The van der Waals surface area contributed by atoms with Gasteiger partial charge in [0.25, 0.3) is 0 Å². The number of benzene rings is 4. The smallest absolute Gasteiger partial charge is 0.246 e. The number of primary amides is 3. The standard InChI is InChI=1S/C83H111N23O20S2/c1-44(107)71(106-75(117)58(24-26-68(87)111)98-81(123)65(41-127)95-45(2)108)83(125)103-62(33-49-37-92-55-17-9-7-15-53(49)55)77(119)97-57(23-25-67(86)110)74(116)105-66(42-128)82(124)100-60(31-47-19-21-51(109)22-20-47)76(118)101-61(32-48-36-91-54-16-8-6-14-52(48)54)78(120)102-63(34-50-38-89-43-94-50)79(121)104-64(35-85)80(122)99-59(30-46-12-4-3-5-13-46)73(115)93-39-69(112)90-28-29-126-40-70(113)96-56(72(88)114)18-10-11-27-84/h3-9,12-17,19-22,36-38,43-44,56-66,71,91-92,107,109,127-128H,10-11,18,23-35,39-42,84-85H2,1-2H3,(H2,86,110)(H2,87,111)(H2,88,114)(H,89,94)(H,90,112)(H,93,115)(H,95,108)(H,96,113)(H,97,119)(H,98,123)(H,99,122)(H,100,124)(H,101,118)(H,102,120)(H,103,125)(H,104,121)(H,105,116)(H,106,117)/t44-,56-,57+,58+,59+,60+,61+,62+,63+,64+,65+,66+,71+/m1/s1. The second kappa shape index (κ2) is 51.8. The number of hydrogen-bond donors (Lipinski definition) is 26. The molecule has 17 amide bonds. The van der Waals surface area contributed by atoms with Crippen molar-refractivity contribution in [3.05, 3.63) is 156 Å². The van der Waals surface area contributed by atoms with E-state index in [1.165, 1.54) is 43.0 Å². The van der Waals surface area contributed by atoms with Gasteiger partial charge in [-0.05, 0) is 92.1 Å². The predicted molar refractivity (Wildman–Crippen MR) is 471 cm³/mol. The molecule has 45 heteroatoms. The number of carbonyl (C=O) groups excluding carboxylic acids is 17. The lowest BCUT2D eigenvalue weighted by atomic mass is 10.0. The minimum Gasteiger partial charge on any atom is -0.508 e. The lowest BCUT2D eigenvalue weighted by molar-refractivity contribution is -0.137. The number of ether oxygens (including phenoxy) is 1. The first-order valence-corrected chi connectivity index (χ1v) is 42.2. The number of aromatic hydroxyl groups is 1. The number of aromatic nitrogens is 4. The molecule has 0 unspecified atom stereocenters. The maximum absolute atomic E-state index is 15.3. The molecule has 0 aliphatic carbocycles. The van der Waals surface area contributed by atoms with Gasteiger partial charge in [0.05, 0.1) is 25.6 Å². The zero-order valence-electron chi connectivity index (χ0n) is 70.2. The Morgan fingerprint density at radius 1 is 0.445 bits per heavy atom. The Kier molecular flexibility index (Phi) is 41.1. The quantitative estimate of drug-likeness (QED) is 0.0125. The van der Waals surface area contributed by atoms with Crippen LogP contribution in [0.1, 0.15) is 86.7 Å². The maximum atomic E-state index is 15.3. The Labute approximate surface area is 745 Å². The van der Waals surface area contributed by atoms with Crippen LogP contribution in [0.3, 0.4) is 0 Å². The van der Waals surface area contributed by atoms with Crippen LogP contribution in [0.2, 0.25) is 0 Å². The van der Waals surface area contributed by atoms with Gasteiger partial charge in [-0.3, -0.25) is 81.5 Å². The van der Waals surface area contributed by atoms with Crippen molar-refractivity contribution in [3.8, 4) is 5.75 Å². The van der Waals surface area contributed by atoms with Crippen molar-refractivity contribution < 1.29 is 96.5 Å². The third kappa shape index (κ3) is 33.1. The van der Waals surface area contributed by atoms with E-state index in [2.05, 4.69) is 120 Å². The fourth-order valence-electron chi connectivity index (χ4n) is 13.3. The molecule has 0 spiro atoms. The first-order chi connectivity index (χ1) is 61.2. The SMILES string of the molecule is CC(=O)N[C@@H](CS)C(=O)N[C@@H](CCC(N)=O)C(=O)N[C@H](C(=O)N[C@@H](Cc1c[nH]c2ccccc12)C(=O)N[C@@H](CCC(N)=O)C(=O)N[C@@H](CS)C(=O)N[C@@H](Cc1ccc(O)cc1)C(=O)N[C@@H](Cc1c[nH]c2ccccc12)C(=O)N[C@@H](Cc1cnc[nH]1)C(=O)N[C@@H](CN)C(=O)N[C@@H](Cc1ccccc1)C(=O)NCC(=O)NCCOCC(=O)N[C@H](CCCCN)C(N)=O)[C@@H](C)O. The number of amides is 17. The number of nitrogens with zero attached hydrogens (tertiary/aromatic N) is 1. The Morgan fingerprint density at radius 2 is 0.883 bits per heavy atom. The zero-order chi connectivity index (χ0) is 93.5. The van der Waals surface area contributed by atoms with Gasteiger partial charge in [-0.2, -0.15) is 25.3 Å². The molecule has 0 bridgehead atoms. The zero-order valence-corrected chi connectivity index (χ0v) is 72.0. The number of aromatic amines is 3. The maximum Gasteiger partial charge on any atom is 0.246 e. The van der Waals surface area contributed by atoms with E-state index in [0.717, 1.165) is 13.8 Å². The fourth-order valence-corrected chi connectivity index (χ4v) is 13.8. The molecule has 3 heterocycles. The second-order valence-corrected chi connectivity index (χ2v) is 30.8. The van der Waals surface area contributed by atoms with Crippen LogP contribution in [-0.2, 0) is 118 Å². The van der Waals surface area contributed by atoms with Gasteiger partial charge in [-0.25, -0.2) is 4.98 Å². The van der Waals surface area contributed by atoms with Gasteiger partial charge in [0, 0.05) is 123 Å². The molecule has 0 aliphatic rings. The average molecular weight is 1820 g/mol. The topological polar surface area (TPSA) is 699 Å². The number of phenols is 1. The lowest BCUT2D eigenvalue weighted by Gasteiger charge is -2.29. The summed E-state index contributed by atoms with van der Waals surface area (Å²) in [7, 11) is 0. The number of aliphatic hydroxyl groups excluding tert-OH is 1. The highest BCUT2D eigenvalue weighted by atomic mass is 32.1. The van der Waals surface area contributed by atoms with Crippen LogP contribution in [0.4, 0.5) is 0 Å². The number of carbonyl (C=O) groups is 17. The third-order valence-electron chi connectivity index (χ3n) is 20.1. The summed E-state index contributed by atoms with van der Waals surface area (Å²) >= 11 is 8.49. The largest absolute Gasteiger partial charge is 0.508 e. The molecule has 3 aromatic heterocycles. The van der Waals surface area contributed by atoms with E-state index in [9.17, 15) is 82.1 Å². The van der Waals surface area contributed by atoms with E-state index >= 15 is 9.59 Å². The number of phenolic OH excluding ortho intramolecular Hbond substituents is 1. The van der Waals surface area contributed by atoms with Crippen LogP contribution < -0.4 is 103 Å². The third-order valence-corrected chi connectivity index (χ3v) is 20.8. The Hall–Kier alpha value is -13.5. The van der Waals surface area contributed by atoms with E-state index in [1.807, 2.05) is 0 Å². The summed E-state index contributed by atoms with van der Waals surface area (Å²) in [6, 6.07) is 8.74. The molecule has 0 aliphatic heterocycles. The number of aliphatic hydroxyl groups is 1. The number of hydrogen-bond acceptors (Lipinski definition) is 25. The minimum absolute atomic E-state index is 0.107. The van der Waals surface area contributed by atoms with E-state index in [-0.39, 0.29) is 68.9 Å². The summed E-state index contributed by atoms with van der Waals surface area (Å²) in [5.74, 6) is -16.9. The lowest BCUT2D eigenvalue weighted by Crippen LogP contribution is -2.62. The highest BCUT2D eigenvalue weighted by molar-refractivity contribution is 7.80. The second-order valence-electron chi connectivity index (χ2n) is 30.0. The molecule has 4 aromatic carbocycles. The van der Waals surface area contributed by atoms with E-state index < -0.39 is 230 Å². The minimum atomic E-state index is -1.92. The first kappa shape index (κ1) is 102. The van der Waals surface area contributed by atoms with Crippen LogP contribution in [0, 0.1) is 0 Å². The van der Waals surface area contributed by atoms with Crippen molar-refractivity contribution in [2.24, 2.45) is 28.7 Å². The van der Waals surface area contributed by atoms with Crippen LogP contribution in [0.25, 0.3) is 21.8 Å². The summed E-state index contributed by atoms with van der Waals surface area (Å²) < 4.78 is 5.34. The summed E-state index contributed by atoms with van der Waals surface area (Å²) in [5.41, 5.74) is 31.4. The molecule has 29 N–H and O–H groups in total. The van der Waals surface area contributed by atoms with Crippen molar-refractivity contribution in [1.82, 2.24) is 94.4 Å². The van der Waals surface area contributed by atoms with Crippen molar-refractivity contribution in [1.29, 1.82) is 0 Å². The average Bonchev–Trinajstić information content (AvgIpc) is 1.68. The van der Waals surface area contributed by atoms with Crippen LogP contribution in [0.15, 0.2) is 128 Å². The summed E-state index contributed by atoms with van der Waals surface area (Å²) in [6.45, 7) is 0.747.